The summed E-state index contributed by atoms with van der Waals surface area (Å²) in [5.41, 5.74) is 0.574. The van der Waals surface area contributed by atoms with Crippen LogP contribution in [-0.4, -0.2) is 26.1 Å². The average Bonchev–Trinajstić information content (AvgIpc) is 2.30. The van der Waals surface area contributed by atoms with Crippen molar-refractivity contribution in [2.45, 2.75) is 19.2 Å². The van der Waals surface area contributed by atoms with Crippen LogP contribution in [0.15, 0.2) is 24.3 Å². The average molecular weight is 286 g/mol. The Morgan fingerprint density at radius 1 is 1.32 bits per heavy atom. The molecular formula is C11H14N2O5S. The SMILES string of the molecule is CC(=O)Nc1ccc(OC(=O)NC(C)S(=O)O)cc1. The molecule has 0 saturated carbocycles. The summed E-state index contributed by atoms with van der Waals surface area (Å²) in [4.78, 5) is 22.1. The van der Waals surface area contributed by atoms with Crippen LogP contribution < -0.4 is 15.4 Å². The number of rotatable bonds is 4. The monoisotopic (exact) mass is 286 g/mol. The van der Waals surface area contributed by atoms with E-state index in [-0.39, 0.29) is 11.7 Å². The van der Waals surface area contributed by atoms with Crippen LogP contribution in [0.2, 0.25) is 0 Å². The number of hydrogen-bond donors (Lipinski definition) is 3. The quantitative estimate of drug-likeness (QED) is 0.724. The van der Waals surface area contributed by atoms with E-state index in [0.717, 1.165) is 0 Å². The van der Waals surface area contributed by atoms with Crippen molar-refractivity contribution in [2.75, 3.05) is 5.32 Å². The summed E-state index contributed by atoms with van der Waals surface area (Å²) < 4.78 is 24.2. The third kappa shape index (κ3) is 5.49. The summed E-state index contributed by atoms with van der Waals surface area (Å²) in [5.74, 6) is 0.0492. The highest BCUT2D eigenvalue weighted by Crippen LogP contribution is 2.15. The zero-order valence-electron chi connectivity index (χ0n) is 10.4. The zero-order valence-corrected chi connectivity index (χ0v) is 11.2. The number of amides is 2. The second kappa shape index (κ2) is 6.86. The Kier molecular flexibility index (Phi) is 5.46. The molecule has 7 nitrogen and oxygen atoms in total. The first-order valence-corrected chi connectivity index (χ1v) is 6.51. The fourth-order valence-electron chi connectivity index (χ4n) is 1.16. The number of anilines is 1. The largest absolute Gasteiger partial charge is 0.413 e. The lowest BCUT2D eigenvalue weighted by Crippen LogP contribution is -2.37. The van der Waals surface area contributed by atoms with Gasteiger partial charge >= 0.3 is 6.09 Å². The standard InChI is InChI=1S/C11H14N2O5S/c1-7(14)12-9-3-5-10(6-4-9)18-11(15)13-8(2)19(16)17/h3-6,8H,1-2H3,(H,12,14)(H,13,15)(H,16,17). The molecule has 2 unspecified atom stereocenters. The van der Waals surface area contributed by atoms with Crippen molar-refractivity contribution in [1.82, 2.24) is 5.32 Å². The van der Waals surface area contributed by atoms with Gasteiger partial charge < -0.3 is 19.9 Å². The second-order valence-electron chi connectivity index (χ2n) is 3.66. The molecule has 0 aromatic heterocycles. The summed E-state index contributed by atoms with van der Waals surface area (Å²) in [5, 5.41) is 3.83. The van der Waals surface area contributed by atoms with Gasteiger partial charge in [-0.05, 0) is 31.2 Å². The minimum absolute atomic E-state index is 0.203. The predicted octanol–water partition coefficient (Wildman–Crippen LogP) is 1.30. The first-order valence-electron chi connectivity index (χ1n) is 5.34. The number of ether oxygens (including phenoxy) is 1. The maximum Gasteiger partial charge on any atom is 0.413 e. The van der Waals surface area contributed by atoms with Crippen LogP contribution >= 0.6 is 0 Å². The number of carbonyl (C=O) groups is 2. The molecule has 1 aromatic carbocycles. The van der Waals surface area contributed by atoms with E-state index < -0.39 is 22.5 Å². The molecule has 8 heteroatoms. The van der Waals surface area contributed by atoms with Gasteiger partial charge in [-0.25, -0.2) is 9.00 Å². The Balaban J connectivity index is 2.55. The number of hydrogen-bond acceptors (Lipinski definition) is 4. The van der Waals surface area contributed by atoms with Crippen molar-refractivity contribution in [3.05, 3.63) is 24.3 Å². The normalized spacial score (nSPS) is 13.2. The molecule has 3 N–H and O–H groups in total. The summed E-state index contributed by atoms with van der Waals surface area (Å²) in [6.45, 7) is 2.76. The van der Waals surface area contributed by atoms with Gasteiger partial charge in [0.2, 0.25) is 5.91 Å². The minimum atomic E-state index is -2.16. The predicted molar refractivity (Wildman–Crippen MR) is 70.1 cm³/mol. The lowest BCUT2D eigenvalue weighted by molar-refractivity contribution is -0.114. The van der Waals surface area contributed by atoms with Crippen LogP contribution in [0.25, 0.3) is 0 Å². The molecule has 19 heavy (non-hydrogen) atoms. The maximum atomic E-state index is 11.3. The van der Waals surface area contributed by atoms with E-state index in [2.05, 4.69) is 10.6 Å². The molecule has 2 atom stereocenters. The molecule has 0 bridgehead atoms. The van der Waals surface area contributed by atoms with E-state index in [1.54, 1.807) is 12.1 Å². The van der Waals surface area contributed by atoms with Crippen LogP contribution in [0.1, 0.15) is 13.8 Å². The van der Waals surface area contributed by atoms with E-state index in [9.17, 15) is 13.8 Å². The van der Waals surface area contributed by atoms with Crippen molar-refractivity contribution >= 4 is 28.8 Å². The number of carbonyl (C=O) groups excluding carboxylic acids is 2. The molecule has 0 aliphatic heterocycles. The van der Waals surface area contributed by atoms with Gasteiger partial charge in [0.05, 0.1) is 0 Å². The molecule has 0 aliphatic carbocycles. The summed E-state index contributed by atoms with van der Waals surface area (Å²) in [7, 11) is 0. The van der Waals surface area contributed by atoms with Crippen molar-refractivity contribution in [3.8, 4) is 5.75 Å². The first kappa shape index (κ1) is 15.1. The smallest absolute Gasteiger partial charge is 0.410 e. The third-order valence-corrected chi connectivity index (χ3v) is 2.73. The Labute approximate surface area is 112 Å². The molecule has 0 radical (unpaired) electrons. The summed E-state index contributed by atoms with van der Waals surface area (Å²) >= 11 is -2.16. The maximum absolute atomic E-state index is 11.3. The van der Waals surface area contributed by atoms with Gasteiger partial charge in [0, 0.05) is 12.6 Å². The van der Waals surface area contributed by atoms with Gasteiger partial charge in [0.1, 0.15) is 11.1 Å². The lowest BCUT2D eigenvalue weighted by atomic mass is 10.3. The molecule has 0 fully saturated rings. The summed E-state index contributed by atoms with van der Waals surface area (Å²) in [6.07, 6.45) is -0.831. The molecule has 0 aliphatic rings. The highest BCUT2D eigenvalue weighted by molar-refractivity contribution is 7.79. The van der Waals surface area contributed by atoms with Crippen molar-refractivity contribution in [3.63, 3.8) is 0 Å². The topological polar surface area (TPSA) is 105 Å². The zero-order chi connectivity index (χ0) is 14.4. The van der Waals surface area contributed by atoms with Crippen molar-refractivity contribution in [2.24, 2.45) is 0 Å². The van der Waals surface area contributed by atoms with Gasteiger partial charge in [-0.15, -0.1) is 0 Å². The molecular weight excluding hydrogens is 272 g/mol. The Hall–Kier alpha value is -1.93. The second-order valence-corrected chi connectivity index (χ2v) is 4.92. The molecule has 1 rings (SSSR count). The highest BCUT2D eigenvalue weighted by Gasteiger charge is 2.13. The van der Waals surface area contributed by atoms with Gasteiger partial charge in [-0.3, -0.25) is 4.79 Å². The van der Waals surface area contributed by atoms with Crippen LogP contribution in [0.4, 0.5) is 10.5 Å². The fraction of sp³-hybridized carbons (Fsp3) is 0.273. The molecule has 1 aromatic rings. The molecule has 0 spiro atoms. The number of nitrogens with one attached hydrogen (secondary N) is 2. The third-order valence-electron chi connectivity index (χ3n) is 2.01. The van der Waals surface area contributed by atoms with Gasteiger partial charge in [0.25, 0.3) is 0 Å². The fourth-order valence-corrected chi connectivity index (χ4v) is 1.36. The van der Waals surface area contributed by atoms with Gasteiger partial charge in [-0.2, -0.15) is 0 Å². The van der Waals surface area contributed by atoms with Crippen molar-refractivity contribution < 1.29 is 23.1 Å². The molecule has 2 amide bonds. The Morgan fingerprint density at radius 3 is 2.37 bits per heavy atom. The van der Waals surface area contributed by atoms with Crippen LogP contribution in [0, 0.1) is 0 Å². The highest BCUT2D eigenvalue weighted by atomic mass is 32.2. The van der Waals surface area contributed by atoms with E-state index in [1.165, 1.54) is 26.0 Å². The molecule has 0 saturated heterocycles. The van der Waals surface area contributed by atoms with Crippen LogP contribution in [0.3, 0.4) is 0 Å². The van der Waals surface area contributed by atoms with Gasteiger partial charge in [-0.1, -0.05) is 0 Å². The van der Waals surface area contributed by atoms with Gasteiger partial charge in [0.15, 0.2) is 11.1 Å². The summed E-state index contributed by atoms with van der Waals surface area (Å²) in [6, 6.07) is 6.12. The van der Waals surface area contributed by atoms with Crippen LogP contribution in [-0.2, 0) is 15.9 Å². The lowest BCUT2D eigenvalue weighted by Gasteiger charge is -2.10. The Morgan fingerprint density at radius 2 is 1.89 bits per heavy atom. The van der Waals surface area contributed by atoms with Crippen molar-refractivity contribution in [1.29, 1.82) is 0 Å². The molecule has 104 valence electrons. The Bertz CT molecular complexity index is 488. The van der Waals surface area contributed by atoms with Crippen LogP contribution in [0.5, 0.6) is 5.75 Å². The molecule has 0 heterocycles. The van der Waals surface area contributed by atoms with E-state index >= 15 is 0 Å². The van der Waals surface area contributed by atoms with E-state index in [0.29, 0.717) is 5.69 Å². The van der Waals surface area contributed by atoms with E-state index in [4.69, 9.17) is 9.29 Å². The minimum Gasteiger partial charge on any atom is -0.410 e. The number of benzene rings is 1. The van der Waals surface area contributed by atoms with E-state index in [1.807, 2.05) is 0 Å². The first-order chi connectivity index (χ1) is 8.88.